The molecule has 0 aliphatic carbocycles. The van der Waals surface area contributed by atoms with Crippen molar-refractivity contribution < 1.29 is 66.8 Å². The predicted octanol–water partition coefficient (Wildman–Crippen LogP) is 5.13. The smallest absolute Gasteiger partial charge is 0.330 e. The number of ketones is 1. The first-order chi connectivity index (χ1) is 38.7. The number of methoxy groups -OCH3 is 2. The van der Waals surface area contributed by atoms with E-state index in [0.29, 0.717) is 41.9 Å². The number of nitrogens with zero attached hydrogens (tertiary/aromatic N) is 4. The molecule has 2 aliphatic heterocycles. The highest BCUT2D eigenvalue weighted by Gasteiger charge is 2.43. The van der Waals surface area contributed by atoms with Crippen molar-refractivity contribution in [2.24, 2.45) is 5.41 Å². The Morgan fingerprint density at radius 3 is 2.10 bits per heavy atom. The first-order valence-corrected chi connectivity index (χ1v) is 27.0. The van der Waals surface area contributed by atoms with Crippen LogP contribution in [-0.2, 0) is 65.5 Å². The molecule has 0 saturated carbocycles. The molecular formula is C61H74N6O14. The zero-order chi connectivity index (χ0) is 58.8. The fraction of sp³-hybridized carbons (Fsp3) is 0.426. The number of likely N-dealkylation sites (N-methyl/N-ethyl adjacent to an activating group) is 3. The second-order valence-corrected chi connectivity index (χ2v) is 20.8. The maximum absolute atomic E-state index is 14.5. The Hall–Kier alpha value is -8.55. The topological polar surface area (TPSA) is 237 Å². The Labute approximate surface area is 473 Å². The van der Waals surface area contributed by atoms with E-state index in [9.17, 15) is 43.2 Å². The van der Waals surface area contributed by atoms with Crippen molar-refractivity contribution in [3.05, 3.63) is 138 Å². The van der Waals surface area contributed by atoms with E-state index in [2.05, 4.69) is 10.6 Å². The summed E-state index contributed by atoms with van der Waals surface area (Å²) in [6.07, 6.45) is 3.92. The zero-order valence-electron chi connectivity index (χ0n) is 47.3. The van der Waals surface area contributed by atoms with Crippen LogP contribution in [0.1, 0.15) is 87.3 Å². The van der Waals surface area contributed by atoms with Gasteiger partial charge in [0.15, 0.2) is 18.1 Å². The Morgan fingerprint density at radius 2 is 1.40 bits per heavy atom. The van der Waals surface area contributed by atoms with Gasteiger partial charge >= 0.3 is 11.9 Å². The van der Waals surface area contributed by atoms with Gasteiger partial charge in [-0.05, 0) is 106 Å². The van der Waals surface area contributed by atoms with Gasteiger partial charge in [-0.15, -0.1) is 0 Å². The van der Waals surface area contributed by atoms with E-state index in [4.69, 9.17) is 23.7 Å². The van der Waals surface area contributed by atoms with Crippen LogP contribution in [0.15, 0.2) is 115 Å². The number of rotatable bonds is 8. The normalized spacial score (nSPS) is 22.1. The molecule has 2 aliphatic rings. The molecule has 81 heavy (non-hydrogen) atoms. The molecule has 4 aromatic carbocycles. The van der Waals surface area contributed by atoms with Crippen molar-refractivity contribution in [1.82, 2.24) is 30.2 Å². The van der Waals surface area contributed by atoms with Crippen molar-refractivity contribution in [3.63, 3.8) is 0 Å². The second-order valence-electron chi connectivity index (χ2n) is 20.8. The summed E-state index contributed by atoms with van der Waals surface area (Å²) in [5.74, 6) is -5.06. The second kappa shape index (κ2) is 29.1. The predicted molar refractivity (Wildman–Crippen MR) is 298 cm³/mol. The van der Waals surface area contributed by atoms with E-state index in [-0.39, 0.29) is 44.5 Å². The molecule has 2 heterocycles. The molecule has 1 saturated heterocycles. The quantitative estimate of drug-likeness (QED) is 0.172. The summed E-state index contributed by atoms with van der Waals surface area (Å²) in [5.41, 5.74) is 1.02. The molecule has 0 radical (unpaired) electrons. The molecule has 0 aromatic heterocycles. The van der Waals surface area contributed by atoms with Crippen molar-refractivity contribution in [1.29, 1.82) is 0 Å². The lowest BCUT2D eigenvalue weighted by Gasteiger charge is -2.36. The van der Waals surface area contributed by atoms with Gasteiger partial charge in [0.1, 0.15) is 42.6 Å². The van der Waals surface area contributed by atoms with E-state index < -0.39 is 109 Å². The molecular weight excluding hydrogens is 1040 g/mol. The summed E-state index contributed by atoms with van der Waals surface area (Å²) in [6, 6.07) is 25.0. The maximum atomic E-state index is 14.5. The first kappa shape index (κ1) is 61.7. The SMILES string of the molecule is COc1ccc(CC[C@H]2OC(=O)[C@@H]3CCCCN3C(=O)C(=O)C(C)(C)COC(=O)C=CCCN(C)C(=O)[C@H](c3ccccc3)NC(=O)[C@H](Cc3ccccc3)N(C)C(=O)[C@@H](C)NC(=O)CN(C)C(=O)COc3cccc2c3)cc1OC. The van der Waals surface area contributed by atoms with E-state index in [1.807, 2.05) is 18.2 Å². The number of benzene rings is 4. The number of cyclic esters (lactones) is 2. The van der Waals surface area contributed by atoms with Crippen LogP contribution < -0.4 is 24.8 Å². The first-order valence-electron chi connectivity index (χ1n) is 27.0. The molecule has 4 aromatic rings. The molecule has 20 nitrogen and oxygen atoms in total. The number of aryl methyl sites for hydroxylation is 1. The highest BCUT2D eigenvalue weighted by Crippen LogP contribution is 2.33. The lowest BCUT2D eigenvalue weighted by Crippen LogP contribution is -2.56. The number of Topliss-reactive ketones (excluding diaryl/α,β-unsaturated/α-hetero) is 1. The van der Waals surface area contributed by atoms with Crippen molar-refractivity contribution >= 4 is 53.2 Å². The fourth-order valence-corrected chi connectivity index (χ4v) is 9.42. The minimum absolute atomic E-state index is 0.0495. The van der Waals surface area contributed by atoms with Gasteiger partial charge in [0, 0.05) is 46.7 Å². The lowest BCUT2D eigenvalue weighted by atomic mass is 9.87. The van der Waals surface area contributed by atoms with Crippen LogP contribution in [-0.4, -0.2) is 159 Å². The molecule has 2 N–H and O–H groups in total. The zero-order valence-corrected chi connectivity index (χ0v) is 47.3. The van der Waals surface area contributed by atoms with Crippen LogP contribution in [0.2, 0.25) is 0 Å². The number of fused-ring (bicyclic) bond motifs is 3. The van der Waals surface area contributed by atoms with E-state index >= 15 is 0 Å². The molecule has 6 amide bonds. The van der Waals surface area contributed by atoms with Crippen molar-refractivity contribution in [3.8, 4) is 17.2 Å². The van der Waals surface area contributed by atoms with E-state index in [0.717, 1.165) is 22.1 Å². The van der Waals surface area contributed by atoms with Crippen LogP contribution in [0.25, 0.3) is 0 Å². The fourth-order valence-electron chi connectivity index (χ4n) is 9.42. The summed E-state index contributed by atoms with van der Waals surface area (Å²) < 4.78 is 28.6. The number of hydrogen-bond donors (Lipinski definition) is 2. The Balaban J connectivity index is 1.28. The van der Waals surface area contributed by atoms with Gasteiger partial charge in [-0.2, -0.15) is 0 Å². The monoisotopic (exact) mass is 1110 g/mol. The number of carbonyl (C=O) groups is 9. The number of piperidine rings is 1. The van der Waals surface area contributed by atoms with E-state index in [1.54, 1.807) is 92.0 Å². The molecule has 20 heteroatoms. The van der Waals surface area contributed by atoms with Crippen LogP contribution in [0.5, 0.6) is 17.2 Å². The van der Waals surface area contributed by atoms with Gasteiger partial charge in [0.2, 0.25) is 29.4 Å². The Morgan fingerprint density at radius 1 is 0.704 bits per heavy atom. The average Bonchev–Trinajstić information content (AvgIpc) is 3.47. The highest BCUT2D eigenvalue weighted by atomic mass is 16.5. The minimum atomic E-state index is -1.50. The molecule has 0 unspecified atom stereocenters. The Bertz CT molecular complexity index is 2910. The lowest BCUT2D eigenvalue weighted by molar-refractivity contribution is -0.165. The van der Waals surface area contributed by atoms with Crippen LogP contribution >= 0.6 is 0 Å². The largest absolute Gasteiger partial charge is 0.493 e. The minimum Gasteiger partial charge on any atom is -0.493 e. The van der Waals surface area contributed by atoms with Gasteiger partial charge in [-0.1, -0.05) is 84.9 Å². The maximum Gasteiger partial charge on any atom is 0.330 e. The van der Waals surface area contributed by atoms with Gasteiger partial charge in [0.25, 0.3) is 11.8 Å². The summed E-state index contributed by atoms with van der Waals surface area (Å²) in [4.78, 5) is 130. The highest BCUT2D eigenvalue weighted by molar-refractivity contribution is 6.38. The molecule has 6 rings (SSSR count). The number of nitrogens with one attached hydrogen (secondary N) is 2. The summed E-state index contributed by atoms with van der Waals surface area (Å²) in [5, 5.41) is 5.52. The number of carbonyl (C=O) groups excluding carboxylic acids is 9. The summed E-state index contributed by atoms with van der Waals surface area (Å²) in [7, 11) is 7.43. The third kappa shape index (κ3) is 17.0. The van der Waals surface area contributed by atoms with Crippen LogP contribution in [0.3, 0.4) is 0 Å². The van der Waals surface area contributed by atoms with Gasteiger partial charge in [-0.25, -0.2) is 9.59 Å². The van der Waals surface area contributed by atoms with Crippen molar-refractivity contribution in [2.75, 3.05) is 68.2 Å². The number of esters is 2. The Kier molecular flexibility index (Phi) is 22.1. The average molecular weight is 1120 g/mol. The molecule has 5 atom stereocenters. The van der Waals surface area contributed by atoms with E-state index in [1.165, 1.54) is 69.9 Å². The summed E-state index contributed by atoms with van der Waals surface area (Å²) >= 11 is 0. The number of amides is 6. The van der Waals surface area contributed by atoms with Crippen LogP contribution in [0, 0.1) is 5.41 Å². The van der Waals surface area contributed by atoms with Gasteiger partial charge in [0.05, 0.1) is 26.2 Å². The third-order valence-corrected chi connectivity index (χ3v) is 14.3. The molecule has 1 fully saturated rings. The third-order valence-electron chi connectivity index (χ3n) is 14.3. The molecule has 432 valence electrons. The van der Waals surface area contributed by atoms with Gasteiger partial charge in [-0.3, -0.25) is 33.6 Å². The standard InChI is InChI=1S/C61H74N6O14/c1-40-57(73)66(6)47(34-41-20-11-9-12-21-41)56(72)63-54(43-22-13-10-14-23-43)58(74)64(4)32-17-16-27-53(70)80-39-61(2,3)55(71)59(75)67-33-18-15-26-46(67)60(76)81-48(30-28-42-29-31-49(77-7)50(35-42)78-8)44-24-19-25-45(36-44)79-38-52(69)65(5)37-51(68)62-40/h9-14,16,19-25,27,29,31,35-36,40,46-48,54H,15,17-18,26,28,30,32-34,37-39H2,1-8H3,(H,62,68)(H,63,72)/t40-,46+,47+,48-,54+/m1/s1. The molecule has 0 spiro atoms. The van der Waals surface area contributed by atoms with Crippen molar-refractivity contribution in [2.45, 2.75) is 96.0 Å². The van der Waals surface area contributed by atoms with Crippen LogP contribution in [0.4, 0.5) is 0 Å². The number of hydrogen-bond acceptors (Lipinski definition) is 14. The number of ether oxygens (including phenoxy) is 5. The summed E-state index contributed by atoms with van der Waals surface area (Å²) in [6.45, 7) is 3.20. The molecule has 2 bridgehead atoms. The van der Waals surface area contributed by atoms with Gasteiger partial charge < -0.3 is 53.9 Å².